The van der Waals surface area contributed by atoms with E-state index >= 15 is 0 Å². The molecule has 1 aromatic heterocycles. The average molecular weight is 729 g/mol. The lowest BCUT2D eigenvalue weighted by Crippen LogP contribution is -1.97. The van der Waals surface area contributed by atoms with Crippen LogP contribution >= 0.6 is 0 Å². The Bertz CT molecular complexity index is 2960. The van der Waals surface area contributed by atoms with Gasteiger partial charge in [-0.25, -0.2) is 9.97 Å². The second-order valence-electron chi connectivity index (χ2n) is 14.1. The lowest BCUT2D eigenvalue weighted by atomic mass is 9.84. The van der Waals surface area contributed by atoms with Crippen LogP contribution < -0.4 is 0 Å². The van der Waals surface area contributed by atoms with Gasteiger partial charge in [-0.2, -0.15) is 0 Å². The minimum Gasteiger partial charge on any atom is -0.228 e. The number of hydrogen-bond acceptors (Lipinski definition) is 2. The zero-order valence-electron chi connectivity index (χ0n) is 31.8. The quantitative estimate of drug-likeness (QED) is 0.138. The summed E-state index contributed by atoms with van der Waals surface area (Å²) >= 11 is 0. The van der Waals surface area contributed by atoms with Gasteiger partial charge in [-0.15, -0.1) is 0 Å². The van der Waals surface area contributed by atoms with Crippen molar-refractivity contribution in [2.75, 3.05) is 0 Å². The van der Waals surface area contributed by atoms with Crippen molar-refractivity contribution >= 4 is 27.2 Å². The van der Waals surface area contributed by atoms with Crippen molar-refractivity contribution in [2.45, 2.75) is 6.92 Å². The van der Waals surface area contributed by atoms with Crippen LogP contribution in [0.25, 0.3) is 94.4 Å². The molecule has 0 unspecified atom stereocenters. The summed E-state index contributed by atoms with van der Waals surface area (Å²) in [6.07, 6.45) is 8.24. The number of rotatable bonds is 9. The van der Waals surface area contributed by atoms with Gasteiger partial charge in [0, 0.05) is 16.5 Å². The third-order valence-corrected chi connectivity index (χ3v) is 10.6. The molecule has 57 heavy (non-hydrogen) atoms. The molecule has 0 aliphatic carbocycles. The van der Waals surface area contributed by atoms with Crippen molar-refractivity contribution in [3.05, 3.63) is 225 Å². The minimum atomic E-state index is 0.709. The minimum absolute atomic E-state index is 0.709. The number of nitrogens with zero attached hydrogens (tertiary/aromatic N) is 2. The Balaban J connectivity index is 1.32. The van der Waals surface area contributed by atoms with E-state index in [1.807, 2.05) is 37.3 Å². The van der Waals surface area contributed by atoms with Gasteiger partial charge in [0.1, 0.15) is 0 Å². The molecule has 9 aromatic rings. The maximum absolute atomic E-state index is 5.34. The van der Waals surface area contributed by atoms with Gasteiger partial charge in [0.15, 0.2) is 5.82 Å². The first-order chi connectivity index (χ1) is 28.2. The maximum atomic E-state index is 5.34. The first-order valence-electron chi connectivity index (χ1n) is 19.4. The van der Waals surface area contributed by atoms with Crippen LogP contribution in [0.4, 0.5) is 0 Å². The van der Waals surface area contributed by atoms with E-state index in [9.17, 15) is 0 Å². The molecule has 1 heterocycles. The van der Waals surface area contributed by atoms with Gasteiger partial charge < -0.3 is 0 Å². The second kappa shape index (κ2) is 15.7. The normalized spacial score (nSPS) is 11.7. The summed E-state index contributed by atoms with van der Waals surface area (Å²) in [6, 6.07) is 66.8. The molecule has 8 aromatic carbocycles. The van der Waals surface area contributed by atoms with Gasteiger partial charge in [-0.05, 0) is 97.6 Å². The van der Waals surface area contributed by atoms with Crippen molar-refractivity contribution in [2.24, 2.45) is 0 Å². The number of benzene rings is 8. The highest BCUT2D eigenvalue weighted by atomic mass is 14.9. The third-order valence-electron chi connectivity index (χ3n) is 10.6. The Morgan fingerprint density at radius 2 is 1.07 bits per heavy atom. The molecule has 0 bridgehead atoms. The standard InChI is InChI=1S/C55H40N2/c1-3-5-20-38(4-2)48-36-50(40-23-11-7-12-24-40)51(37-49(48)39-21-9-6-10-22-39)43-28-19-29-44(35-43)53-45-30-16-15-25-41(45)33-34-47(53)54-46-31-17-18-32-52(46)56-55(57-54)42-26-13-8-14-27-42/h3-37H,2H2,1H3/b5-3-,38-20+. The fraction of sp³-hybridized carbons (Fsp3) is 0.0182. The average Bonchev–Trinajstić information content (AvgIpc) is 3.29. The number of hydrogen-bond donors (Lipinski definition) is 0. The molecule has 2 heteroatoms. The Morgan fingerprint density at radius 1 is 0.474 bits per heavy atom. The van der Waals surface area contributed by atoms with E-state index in [4.69, 9.17) is 9.97 Å². The van der Waals surface area contributed by atoms with Gasteiger partial charge in [0.2, 0.25) is 0 Å². The number of allylic oxidation sites excluding steroid dienone is 5. The van der Waals surface area contributed by atoms with Gasteiger partial charge in [-0.1, -0.05) is 195 Å². The van der Waals surface area contributed by atoms with E-state index in [0.29, 0.717) is 5.82 Å². The van der Waals surface area contributed by atoms with Crippen LogP contribution in [0.2, 0.25) is 0 Å². The van der Waals surface area contributed by atoms with Crippen LogP contribution in [0.1, 0.15) is 12.5 Å². The predicted molar refractivity (Wildman–Crippen MR) is 243 cm³/mol. The van der Waals surface area contributed by atoms with Crippen molar-refractivity contribution in [1.82, 2.24) is 9.97 Å². The number of para-hydroxylation sites is 1. The SMILES string of the molecule is C=C/C(=C\C=C/C)c1cc(-c2ccccc2)c(-c2cccc(-c3c(-c4nc(-c5ccccc5)nc5ccccc45)ccc4ccccc34)c2)cc1-c1ccccc1. The first-order valence-corrected chi connectivity index (χ1v) is 19.4. The Labute approximate surface area is 334 Å². The molecule has 0 aliphatic heterocycles. The van der Waals surface area contributed by atoms with Crippen molar-refractivity contribution < 1.29 is 0 Å². The Morgan fingerprint density at radius 3 is 1.79 bits per heavy atom. The molecule has 0 amide bonds. The van der Waals surface area contributed by atoms with Crippen molar-refractivity contribution in [3.63, 3.8) is 0 Å². The molecule has 0 radical (unpaired) electrons. The molecule has 0 atom stereocenters. The molecule has 0 fully saturated rings. The lowest BCUT2D eigenvalue weighted by molar-refractivity contribution is 1.23. The fourth-order valence-electron chi connectivity index (χ4n) is 7.88. The van der Waals surface area contributed by atoms with E-state index in [1.165, 1.54) is 10.8 Å². The van der Waals surface area contributed by atoms with Crippen molar-refractivity contribution in [3.8, 4) is 67.2 Å². The summed E-state index contributed by atoms with van der Waals surface area (Å²) in [5.41, 5.74) is 15.2. The molecular formula is C55H40N2. The van der Waals surface area contributed by atoms with Gasteiger partial charge in [0.25, 0.3) is 0 Å². The molecule has 270 valence electrons. The molecule has 0 aliphatic rings. The Hall–Kier alpha value is -7.42. The predicted octanol–water partition coefficient (Wildman–Crippen LogP) is 14.9. The summed E-state index contributed by atoms with van der Waals surface area (Å²) in [5.74, 6) is 0.709. The zero-order valence-corrected chi connectivity index (χ0v) is 31.8. The molecule has 0 saturated heterocycles. The molecule has 0 N–H and O–H groups in total. The van der Waals surface area contributed by atoms with Crippen LogP contribution in [-0.2, 0) is 0 Å². The molecule has 0 saturated carbocycles. The summed E-state index contributed by atoms with van der Waals surface area (Å²) in [6.45, 7) is 6.28. The monoisotopic (exact) mass is 728 g/mol. The van der Waals surface area contributed by atoms with Gasteiger partial charge >= 0.3 is 0 Å². The molecule has 9 rings (SSSR count). The van der Waals surface area contributed by atoms with E-state index in [1.54, 1.807) is 0 Å². The molecule has 0 spiro atoms. The van der Waals surface area contributed by atoms with E-state index in [0.717, 1.165) is 83.4 Å². The van der Waals surface area contributed by atoms with Gasteiger partial charge in [-0.3, -0.25) is 0 Å². The summed E-state index contributed by atoms with van der Waals surface area (Å²) in [4.78, 5) is 10.4. The summed E-state index contributed by atoms with van der Waals surface area (Å²) in [7, 11) is 0. The summed E-state index contributed by atoms with van der Waals surface area (Å²) in [5, 5.41) is 3.36. The third kappa shape index (κ3) is 6.90. The Kier molecular flexibility index (Phi) is 9.75. The summed E-state index contributed by atoms with van der Waals surface area (Å²) < 4.78 is 0. The second-order valence-corrected chi connectivity index (χ2v) is 14.1. The largest absolute Gasteiger partial charge is 0.228 e. The molecule has 2 nitrogen and oxygen atoms in total. The van der Waals surface area contributed by atoms with E-state index < -0.39 is 0 Å². The highest BCUT2D eigenvalue weighted by Crippen LogP contribution is 2.44. The van der Waals surface area contributed by atoms with Crippen LogP contribution in [-0.4, -0.2) is 9.97 Å². The number of fused-ring (bicyclic) bond motifs is 2. The van der Waals surface area contributed by atoms with Crippen LogP contribution in [0.5, 0.6) is 0 Å². The topological polar surface area (TPSA) is 25.8 Å². The maximum Gasteiger partial charge on any atom is 0.160 e. The van der Waals surface area contributed by atoms with Crippen LogP contribution in [0, 0.1) is 0 Å². The van der Waals surface area contributed by atoms with Crippen LogP contribution in [0.3, 0.4) is 0 Å². The van der Waals surface area contributed by atoms with Crippen molar-refractivity contribution in [1.29, 1.82) is 0 Å². The highest BCUT2D eigenvalue weighted by Gasteiger charge is 2.20. The van der Waals surface area contributed by atoms with E-state index in [-0.39, 0.29) is 0 Å². The zero-order chi connectivity index (χ0) is 38.6. The van der Waals surface area contributed by atoms with Gasteiger partial charge in [0.05, 0.1) is 11.2 Å². The first kappa shape index (κ1) is 35.3. The fourth-order valence-corrected chi connectivity index (χ4v) is 7.88. The smallest absolute Gasteiger partial charge is 0.160 e. The van der Waals surface area contributed by atoms with E-state index in [2.05, 4.69) is 189 Å². The lowest BCUT2D eigenvalue weighted by Gasteiger charge is -2.20. The van der Waals surface area contributed by atoms with Crippen LogP contribution in [0.15, 0.2) is 219 Å². The number of aromatic nitrogens is 2. The molecular weight excluding hydrogens is 689 g/mol. The highest BCUT2D eigenvalue weighted by molar-refractivity contribution is 6.08.